The summed E-state index contributed by atoms with van der Waals surface area (Å²) < 4.78 is 46.9. The van der Waals surface area contributed by atoms with Gasteiger partial charge < -0.3 is 14.7 Å². The minimum absolute atomic E-state index is 0.0202. The van der Waals surface area contributed by atoms with Crippen LogP contribution in [0.4, 0.5) is 4.39 Å². The van der Waals surface area contributed by atoms with Gasteiger partial charge >= 0.3 is 0 Å². The molecule has 0 saturated carbocycles. The van der Waals surface area contributed by atoms with Crippen LogP contribution < -0.4 is 4.74 Å². The number of benzene rings is 1. The van der Waals surface area contributed by atoms with E-state index in [1.165, 1.54) is 25.4 Å². The predicted molar refractivity (Wildman–Crippen MR) is 119 cm³/mol. The third-order valence-electron chi connectivity index (χ3n) is 5.45. The minimum atomic E-state index is -3.89. The Morgan fingerprint density at radius 3 is 2.66 bits per heavy atom. The molecule has 8 nitrogen and oxygen atoms in total. The Morgan fingerprint density at radius 1 is 1.38 bits per heavy atom. The summed E-state index contributed by atoms with van der Waals surface area (Å²) in [6, 6.07) is 5.74. The Morgan fingerprint density at radius 2 is 2.03 bits per heavy atom. The molecule has 0 radical (unpaired) electrons. The van der Waals surface area contributed by atoms with Gasteiger partial charge in [-0.05, 0) is 53.2 Å². The maximum absolute atomic E-state index is 13.2. The van der Waals surface area contributed by atoms with Gasteiger partial charge in [-0.15, -0.1) is 0 Å². The van der Waals surface area contributed by atoms with E-state index in [1.54, 1.807) is 17.9 Å². The van der Waals surface area contributed by atoms with E-state index in [9.17, 15) is 22.7 Å². The number of aliphatic hydroxyl groups excluding tert-OH is 1. The molecule has 0 saturated heterocycles. The summed E-state index contributed by atoms with van der Waals surface area (Å²) in [5, 5.41) is 9.66. The summed E-state index contributed by atoms with van der Waals surface area (Å²) >= 11 is 3.31. The van der Waals surface area contributed by atoms with Crippen LogP contribution in [-0.4, -0.2) is 72.5 Å². The summed E-state index contributed by atoms with van der Waals surface area (Å²) in [7, 11) is -2.47. The lowest BCUT2D eigenvalue weighted by Gasteiger charge is -2.37. The number of pyridine rings is 1. The zero-order valence-corrected chi connectivity index (χ0v) is 20.3. The Kier molecular flexibility index (Phi) is 7.53. The van der Waals surface area contributed by atoms with Crippen LogP contribution in [0.1, 0.15) is 24.2 Å². The average Bonchev–Trinajstić information content (AvgIpc) is 2.76. The summed E-state index contributed by atoms with van der Waals surface area (Å²) in [5.41, 5.74) is 0.223. The van der Waals surface area contributed by atoms with Gasteiger partial charge in [0.1, 0.15) is 17.5 Å². The number of rotatable bonds is 6. The van der Waals surface area contributed by atoms with Crippen molar-refractivity contribution < 1.29 is 27.4 Å². The second-order valence-electron chi connectivity index (χ2n) is 7.87. The maximum atomic E-state index is 13.2. The van der Waals surface area contributed by atoms with E-state index in [1.807, 2.05) is 6.92 Å². The first-order valence-corrected chi connectivity index (χ1v) is 12.2. The number of carbonyl (C=O) groups is 1. The number of aromatic nitrogens is 1. The first-order valence-electron chi connectivity index (χ1n) is 10.0. The average molecular weight is 530 g/mol. The van der Waals surface area contributed by atoms with E-state index in [2.05, 4.69) is 20.9 Å². The number of ether oxygens (including phenoxy) is 1. The van der Waals surface area contributed by atoms with Crippen LogP contribution in [0.15, 0.2) is 45.9 Å². The highest BCUT2D eigenvalue weighted by Crippen LogP contribution is 2.29. The number of likely N-dealkylation sites (N-methyl/N-ethyl adjacent to an activating group) is 1. The summed E-state index contributed by atoms with van der Waals surface area (Å²) in [4.78, 5) is 18.9. The van der Waals surface area contributed by atoms with Crippen LogP contribution in [0.2, 0.25) is 0 Å². The topological polar surface area (TPSA) is 100 Å². The summed E-state index contributed by atoms with van der Waals surface area (Å²) in [6.45, 7) is 3.59. The lowest BCUT2D eigenvalue weighted by molar-refractivity contribution is 0.0373. The van der Waals surface area contributed by atoms with Crippen LogP contribution in [0.3, 0.4) is 0 Å². The summed E-state index contributed by atoms with van der Waals surface area (Å²) in [6.07, 6.45) is 0.859. The van der Waals surface area contributed by atoms with Gasteiger partial charge in [-0.3, -0.25) is 4.79 Å². The predicted octanol–water partition coefficient (Wildman–Crippen LogP) is 2.52. The molecular formula is C21H25BrFN3O5S. The molecule has 1 aromatic heterocycles. The molecule has 1 N–H and O–H groups in total. The minimum Gasteiger partial charge on any atom is -0.472 e. The molecule has 0 spiro atoms. The van der Waals surface area contributed by atoms with E-state index >= 15 is 0 Å². The lowest BCUT2D eigenvalue weighted by Crippen LogP contribution is -2.50. The maximum Gasteiger partial charge on any atom is 0.259 e. The van der Waals surface area contributed by atoms with Crippen molar-refractivity contribution in [1.82, 2.24) is 14.2 Å². The molecular weight excluding hydrogens is 505 g/mol. The molecule has 11 heteroatoms. The third kappa shape index (κ3) is 5.11. The van der Waals surface area contributed by atoms with Gasteiger partial charge in [0.15, 0.2) is 0 Å². The van der Waals surface area contributed by atoms with Crippen molar-refractivity contribution in [2.45, 2.75) is 30.9 Å². The fraction of sp³-hybridized carbons (Fsp3) is 0.429. The second kappa shape index (κ2) is 9.82. The zero-order chi connectivity index (χ0) is 23.6. The quantitative estimate of drug-likeness (QED) is 0.617. The van der Waals surface area contributed by atoms with Crippen LogP contribution in [0.5, 0.6) is 5.88 Å². The Labute approximate surface area is 195 Å². The Bertz CT molecular complexity index is 1080. The van der Waals surface area contributed by atoms with Gasteiger partial charge in [0, 0.05) is 30.2 Å². The first kappa shape index (κ1) is 24.6. The van der Waals surface area contributed by atoms with E-state index in [4.69, 9.17) is 4.74 Å². The number of fused-ring (bicyclic) bond motifs is 1. The number of hydrogen-bond donors (Lipinski definition) is 1. The molecule has 32 heavy (non-hydrogen) atoms. The highest BCUT2D eigenvalue weighted by atomic mass is 79.9. The van der Waals surface area contributed by atoms with Crippen molar-refractivity contribution >= 4 is 31.9 Å². The molecule has 3 atom stereocenters. The molecule has 3 rings (SSSR count). The van der Waals surface area contributed by atoms with Gasteiger partial charge in [-0.2, -0.15) is 4.31 Å². The highest BCUT2D eigenvalue weighted by molar-refractivity contribution is 9.10. The molecule has 1 amide bonds. The van der Waals surface area contributed by atoms with Gasteiger partial charge in [-0.25, -0.2) is 17.8 Å². The van der Waals surface area contributed by atoms with Gasteiger partial charge in [0.2, 0.25) is 15.9 Å². The number of aliphatic hydroxyl groups is 1. The highest BCUT2D eigenvalue weighted by Gasteiger charge is 2.35. The molecule has 0 fully saturated rings. The Balaban J connectivity index is 1.94. The number of amides is 1. The van der Waals surface area contributed by atoms with Gasteiger partial charge in [0.25, 0.3) is 5.91 Å². The van der Waals surface area contributed by atoms with Crippen molar-refractivity contribution in [3.63, 3.8) is 0 Å². The number of hydrogen-bond acceptors (Lipinski definition) is 6. The second-order valence-corrected chi connectivity index (χ2v) is 10.8. The van der Waals surface area contributed by atoms with Crippen LogP contribution in [0.25, 0.3) is 0 Å². The Hall–Kier alpha value is -2.08. The van der Waals surface area contributed by atoms with Crippen molar-refractivity contribution in [3.05, 3.63) is 52.4 Å². The largest absolute Gasteiger partial charge is 0.472 e. The van der Waals surface area contributed by atoms with Crippen molar-refractivity contribution in [2.24, 2.45) is 5.92 Å². The standard InChI is InChI=1S/C21H25BrFN3O5S/c1-13-10-26(14(2)12-27)21(28)18-8-15(22)9-24-20(18)31-19(13)11-25(3)32(29,30)17-6-4-16(23)5-7-17/h4-9,13-14,19,27H,10-12H2,1-3H3/t13-,14-,19-/m0/s1. The monoisotopic (exact) mass is 529 g/mol. The molecule has 0 unspecified atom stereocenters. The number of halogens is 2. The van der Waals surface area contributed by atoms with E-state index < -0.39 is 28.0 Å². The van der Waals surface area contributed by atoms with Crippen molar-refractivity contribution in [1.29, 1.82) is 0 Å². The van der Waals surface area contributed by atoms with Crippen LogP contribution in [-0.2, 0) is 10.0 Å². The molecule has 0 bridgehead atoms. The van der Waals surface area contributed by atoms with Gasteiger partial charge in [0.05, 0.1) is 24.1 Å². The number of carbonyl (C=O) groups excluding carboxylic acids is 1. The molecule has 2 aromatic rings. The molecule has 1 aliphatic heterocycles. The smallest absolute Gasteiger partial charge is 0.259 e. The number of sulfonamides is 1. The normalized spacial score (nSPS) is 20.3. The van der Waals surface area contributed by atoms with E-state index in [0.717, 1.165) is 16.4 Å². The van der Waals surface area contributed by atoms with Crippen molar-refractivity contribution in [2.75, 3.05) is 26.7 Å². The molecule has 1 aromatic carbocycles. The molecule has 1 aliphatic rings. The van der Waals surface area contributed by atoms with Crippen LogP contribution in [0, 0.1) is 11.7 Å². The fourth-order valence-electron chi connectivity index (χ4n) is 3.43. The van der Waals surface area contributed by atoms with E-state index in [0.29, 0.717) is 4.47 Å². The zero-order valence-electron chi connectivity index (χ0n) is 17.9. The number of nitrogens with zero attached hydrogens (tertiary/aromatic N) is 3. The van der Waals surface area contributed by atoms with E-state index in [-0.39, 0.29) is 47.9 Å². The molecule has 2 heterocycles. The lowest BCUT2D eigenvalue weighted by atomic mass is 10.0. The summed E-state index contributed by atoms with van der Waals surface area (Å²) in [5.74, 6) is -1.04. The van der Waals surface area contributed by atoms with Crippen LogP contribution >= 0.6 is 15.9 Å². The first-order chi connectivity index (χ1) is 15.0. The third-order valence-corrected chi connectivity index (χ3v) is 7.72. The molecule has 0 aliphatic carbocycles. The van der Waals surface area contributed by atoms with Crippen molar-refractivity contribution in [3.8, 4) is 5.88 Å². The molecule has 174 valence electrons. The van der Waals surface area contributed by atoms with Gasteiger partial charge in [-0.1, -0.05) is 6.92 Å². The SMILES string of the molecule is C[C@H]1CN([C@@H](C)CO)C(=O)c2cc(Br)cnc2O[C@H]1CN(C)S(=O)(=O)c1ccc(F)cc1. The fourth-order valence-corrected chi connectivity index (χ4v) is 4.95.